The van der Waals surface area contributed by atoms with Crippen LogP contribution < -0.4 is 9.30 Å². The van der Waals surface area contributed by atoms with E-state index in [4.69, 9.17) is 4.74 Å². The lowest BCUT2D eigenvalue weighted by molar-refractivity contribution is -0.659. The van der Waals surface area contributed by atoms with Crippen LogP contribution in [0.5, 0.6) is 11.5 Å². The zero-order valence-corrected chi connectivity index (χ0v) is 22.6. The van der Waals surface area contributed by atoms with E-state index in [2.05, 4.69) is 99.2 Å². The van der Waals surface area contributed by atoms with Crippen LogP contribution in [0.3, 0.4) is 0 Å². The number of aryl methyl sites for hydroxylation is 2. The zero-order chi connectivity index (χ0) is 26.1. The van der Waals surface area contributed by atoms with E-state index in [1.807, 2.05) is 13.8 Å². The molecule has 1 aliphatic rings. The summed E-state index contributed by atoms with van der Waals surface area (Å²) in [5, 5.41) is 16.9. The van der Waals surface area contributed by atoms with Gasteiger partial charge in [-0.25, -0.2) is 4.57 Å². The van der Waals surface area contributed by atoms with Gasteiger partial charge in [-0.2, -0.15) is 5.26 Å². The minimum atomic E-state index is -0.403. The van der Waals surface area contributed by atoms with Gasteiger partial charge in [-0.05, 0) is 78.3 Å². The van der Waals surface area contributed by atoms with Crippen LogP contribution in [0.25, 0.3) is 43.6 Å². The van der Waals surface area contributed by atoms with Gasteiger partial charge in [0.25, 0.3) is 0 Å². The molecule has 1 aromatic heterocycles. The van der Waals surface area contributed by atoms with Crippen LogP contribution in [0.15, 0.2) is 60.8 Å². The van der Waals surface area contributed by atoms with Crippen LogP contribution in [-0.4, -0.2) is 0 Å². The summed E-state index contributed by atoms with van der Waals surface area (Å²) in [7, 11) is 2.14. The minimum absolute atomic E-state index is 0.403. The number of hydrogen-bond acceptors (Lipinski definition) is 2. The van der Waals surface area contributed by atoms with Crippen molar-refractivity contribution in [3.8, 4) is 28.8 Å². The summed E-state index contributed by atoms with van der Waals surface area (Å²) in [4.78, 5) is 0. The third kappa shape index (κ3) is 3.66. The average molecular weight is 486 g/mol. The highest BCUT2D eigenvalue weighted by molar-refractivity contribution is 6.16. The van der Waals surface area contributed by atoms with E-state index in [0.29, 0.717) is 5.92 Å². The number of hydrogen-bond donors (Lipinski definition) is 0. The molecule has 3 nitrogen and oxygen atoms in total. The van der Waals surface area contributed by atoms with Gasteiger partial charge in [0, 0.05) is 17.0 Å². The molecule has 37 heavy (non-hydrogen) atoms. The Morgan fingerprint density at radius 3 is 2.46 bits per heavy atom. The monoisotopic (exact) mass is 485 g/mol. The van der Waals surface area contributed by atoms with Crippen molar-refractivity contribution in [2.75, 3.05) is 0 Å². The maximum Gasteiger partial charge on any atom is 0.228 e. The Bertz CT molecular complexity index is 1790. The number of nitrogens with zero attached hydrogens (tertiary/aromatic N) is 2. The largest absolute Gasteiger partial charge is 0.455 e. The number of fused-ring (bicyclic) bond motifs is 5. The Morgan fingerprint density at radius 2 is 1.73 bits per heavy atom. The van der Waals surface area contributed by atoms with Crippen LogP contribution in [0.2, 0.25) is 0 Å². The zero-order valence-electron chi connectivity index (χ0n) is 22.6. The van der Waals surface area contributed by atoms with Crippen molar-refractivity contribution < 1.29 is 9.30 Å². The Balaban J connectivity index is 1.69. The number of rotatable bonds is 4. The Morgan fingerprint density at radius 1 is 0.973 bits per heavy atom. The van der Waals surface area contributed by atoms with Crippen LogP contribution in [0, 0.1) is 29.6 Å². The second kappa shape index (κ2) is 8.32. The second-order valence-corrected chi connectivity index (χ2v) is 11.7. The van der Waals surface area contributed by atoms with Gasteiger partial charge in [0.1, 0.15) is 18.5 Å². The fourth-order valence-electron chi connectivity index (χ4n) is 6.12. The molecule has 0 unspecified atom stereocenters. The highest BCUT2D eigenvalue weighted by Gasteiger charge is 2.33. The molecular formula is C34H33N2O+. The summed E-state index contributed by atoms with van der Waals surface area (Å²) in [6.07, 6.45) is 3.85. The van der Waals surface area contributed by atoms with Gasteiger partial charge in [-0.15, -0.1) is 0 Å². The number of pyridine rings is 1. The summed E-state index contributed by atoms with van der Waals surface area (Å²) in [6, 6.07) is 22.2. The second-order valence-electron chi connectivity index (χ2n) is 11.7. The highest BCUT2D eigenvalue weighted by atomic mass is 16.5. The molecule has 4 aromatic carbocycles. The summed E-state index contributed by atoms with van der Waals surface area (Å²) in [6.45, 7) is 10.8. The van der Waals surface area contributed by atoms with E-state index < -0.39 is 5.41 Å². The first-order chi connectivity index (χ1) is 17.7. The van der Waals surface area contributed by atoms with Crippen LogP contribution in [0.4, 0.5) is 0 Å². The molecule has 6 rings (SSSR count). The first-order valence-electron chi connectivity index (χ1n) is 13.2. The lowest BCUT2D eigenvalue weighted by Crippen LogP contribution is -2.32. The lowest BCUT2D eigenvalue weighted by Gasteiger charge is -2.26. The molecule has 0 atom stereocenters. The standard InChI is InChI=1S/C34H33N2O/c1-20(2)15-28-26-10-8-7-9-24(26)21(3)30-32-31-27(13-14-36(32)6)25-12-11-22(18-34(4,5)19-35)16-23(25)17-29(31)37-33(28)30/h7-14,16-17,20H,15,18H2,1-6H3/q+1. The molecule has 1 aliphatic heterocycles. The first kappa shape index (κ1) is 23.5. The van der Waals surface area contributed by atoms with Crippen LogP contribution in [0.1, 0.15) is 44.4 Å². The Hall–Kier alpha value is -3.90. The van der Waals surface area contributed by atoms with Crippen molar-refractivity contribution in [3.63, 3.8) is 0 Å². The van der Waals surface area contributed by atoms with Gasteiger partial charge in [-0.1, -0.05) is 56.3 Å². The predicted molar refractivity (Wildman–Crippen MR) is 152 cm³/mol. The molecule has 0 N–H and O–H groups in total. The molecule has 0 saturated heterocycles. The summed E-state index contributed by atoms with van der Waals surface area (Å²) in [5.74, 6) is 2.42. The maximum atomic E-state index is 9.56. The summed E-state index contributed by atoms with van der Waals surface area (Å²) >= 11 is 0. The van der Waals surface area contributed by atoms with Crippen molar-refractivity contribution in [3.05, 3.63) is 77.5 Å². The normalized spacial score (nSPS) is 12.7. The van der Waals surface area contributed by atoms with Crippen molar-refractivity contribution in [2.24, 2.45) is 18.4 Å². The van der Waals surface area contributed by atoms with E-state index in [0.717, 1.165) is 29.7 Å². The first-order valence-corrected chi connectivity index (χ1v) is 13.2. The quantitative estimate of drug-likeness (QED) is 0.186. The molecule has 0 aliphatic carbocycles. The van der Waals surface area contributed by atoms with E-state index in [1.165, 1.54) is 54.9 Å². The van der Waals surface area contributed by atoms with Gasteiger partial charge in [0.05, 0.1) is 22.4 Å². The highest BCUT2D eigenvalue weighted by Crippen LogP contribution is 2.52. The minimum Gasteiger partial charge on any atom is -0.455 e. The Kier molecular flexibility index (Phi) is 5.28. The molecule has 0 amide bonds. The third-order valence-electron chi connectivity index (χ3n) is 7.81. The predicted octanol–water partition coefficient (Wildman–Crippen LogP) is 8.34. The number of nitriles is 1. The van der Waals surface area contributed by atoms with Crippen molar-refractivity contribution in [2.45, 2.75) is 47.5 Å². The van der Waals surface area contributed by atoms with Crippen LogP contribution >= 0.6 is 0 Å². The third-order valence-corrected chi connectivity index (χ3v) is 7.81. The Labute approximate surface area is 218 Å². The number of benzene rings is 4. The fourth-order valence-corrected chi connectivity index (χ4v) is 6.12. The van der Waals surface area contributed by atoms with Crippen molar-refractivity contribution in [1.82, 2.24) is 0 Å². The molecule has 184 valence electrons. The molecule has 2 heterocycles. The molecule has 0 radical (unpaired) electrons. The SMILES string of the molecule is Cc1c2c(c(CC(C)C)c3ccccc13)Oc1cc3cc(CC(C)(C)C#N)ccc3c3cc[n+](C)c-2c13. The molecule has 0 spiro atoms. The van der Waals surface area contributed by atoms with Gasteiger partial charge in [0.2, 0.25) is 5.69 Å². The summed E-state index contributed by atoms with van der Waals surface area (Å²) < 4.78 is 9.18. The van der Waals surface area contributed by atoms with E-state index in [1.54, 1.807) is 0 Å². The smallest absolute Gasteiger partial charge is 0.228 e. The molecule has 5 aromatic rings. The molecule has 0 fully saturated rings. The van der Waals surface area contributed by atoms with Crippen molar-refractivity contribution in [1.29, 1.82) is 5.26 Å². The lowest BCUT2D eigenvalue weighted by atomic mass is 9.85. The molecule has 3 heteroatoms. The van der Waals surface area contributed by atoms with E-state index >= 15 is 0 Å². The van der Waals surface area contributed by atoms with Crippen LogP contribution in [-0.2, 0) is 19.9 Å². The van der Waals surface area contributed by atoms with Gasteiger partial charge < -0.3 is 4.74 Å². The fraction of sp³-hybridized carbons (Fsp3) is 0.294. The van der Waals surface area contributed by atoms with Gasteiger partial charge >= 0.3 is 0 Å². The molecule has 0 bridgehead atoms. The van der Waals surface area contributed by atoms with Crippen molar-refractivity contribution >= 4 is 32.3 Å². The van der Waals surface area contributed by atoms with E-state index in [9.17, 15) is 5.26 Å². The maximum absolute atomic E-state index is 9.56. The van der Waals surface area contributed by atoms with Gasteiger partial charge in [-0.3, -0.25) is 0 Å². The molecule has 0 saturated carbocycles. The number of ether oxygens (including phenoxy) is 1. The molecular weight excluding hydrogens is 452 g/mol. The topological polar surface area (TPSA) is 36.9 Å². The van der Waals surface area contributed by atoms with Gasteiger partial charge in [0.15, 0.2) is 6.20 Å². The van der Waals surface area contributed by atoms with E-state index in [-0.39, 0.29) is 0 Å². The number of aromatic nitrogens is 1. The average Bonchev–Trinajstić information content (AvgIpc) is 2.87. The summed E-state index contributed by atoms with van der Waals surface area (Å²) in [5.41, 5.74) is 5.75.